The van der Waals surface area contributed by atoms with Crippen LogP contribution < -0.4 is 9.04 Å². The van der Waals surface area contributed by atoms with Crippen molar-refractivity contribution in [2.24, 2.45) is 0 Å². The summed E-state index contributed by atoms with van der Waals surface area (Å²) in [6.45, 7) is 0. The average molecular weight is 348 g/mol. The van der Waals surface area contributed by atoms with Crippen molar-refractivity contribution in [2.45, 2.75) is 4.90 Å². The third-order valence-electron chi connectivity index (χ3n) is 3.20. The van der Waals surface area contributed by atoms with Gasteiger partial charge in [-0.05, 0) is 29.8 Å². The van der Waals surface area contributed by atoms with Crippen LogP contribution in [0.15, 0.2) is 53.4 Å². The molecule has 2 aromatic rings. The molecule has 0 aliphatic carbocycles. The van der Waals surface area contributed by atoms with Gasteiger partial charge >= 0.3 is 5.97 Å². The Balaban J connectivity index is 2.30. The molecule has 0 fully saturated rings. The van der Waals surface area contributed by atoms with Gasteiger partial charge in [-0.3, -0.25) is 4.31 Å². The Morgan fingerprint density at radius 1 is 1.21 bits per heavy atom. The fourth-order valence-corrected chi connectivity index (χ4v) is 3.04. The van der Waals surface area contributed by atoms with Crippen molar-refractivity contribution in [3.8, 4) is 5.88 Å². The molecule has 0 unspecified atom stereocenters. The second-order valence-electron chi connectivity index (χ2n) is 4.75. The second-order valence-corrected chi connectivity index (χ2v) is 6.72. The summed E-state index contributed by atoms with van der Waals surface area (Å²) in [5, 5.41) is 8.59. The molecule has 8 heteroatoms. The highest BCUT2D eigenvalue weighted by atomic mass is 32.2. The van der Waals surface area contributed by atoms with Gasteiger partial charge in [0.05, 0.1) is 12.0 Å². The highest BCUT2D eigenvalue weighted by Crippen LogP contribution is 2.22. The number of aromatic nitrogens is 1. The van der Waals surface area contributed by atoms with Gasteiger partial charge in [0.15, 0.2) is 0 Å². The number of ether oxygens (including phenoxy) is 1. The van der Waals surface area contributed by atoms with Gasteiger partial charge in [0.25, 0.3) is 10.0 Å². The molecular formula is C16H16N2O5S. The van der Waals surface area contributed by atoms with Crippen LogP contribution in [0.5, 0.6) is 5.88 Å². The second kappa shape index (κ2) is 7.14. The standard InChI is InChI=1S/C16H16N2O5S/c1-18(14-4-3-5-15(17-14)23-2)24(21,22)13-9-6-12(7-10-13)8-11-16(19)20/h3-11H,1-2H3,(H,19,20)/b11-8+. The summed E-state index contributed by atoms with van der Waals surface area (Å²) in [7, 11) is -0.944. The van der Waals surface area contributed by atoms with E-state index in [2.05, 4.69) is 4.98 Å². The van der Waals surface area contributed by atoms with E-state index in [1.165, 1.54) is 44.5 Å². The third kappa shape index (κ3) is 3.90. The van der Waals surface area contributed by atoms with E-state index in [0.717, 1.165) is 10.4 Å². The van der Waals surface area contributed by atoms with E-state index in [9.17, 15) is 13.2 Å². The van der Waals surface area contributed by atoms with Gasteiger partial charge in [-0.1, -0.05) is 18.2 Å². The summed E-state index contributed by atoms with van der Waals surface area (Å²) < 4.78 is 31.3. The minimum absolute atomic E-state index is 0.0714. The van der Waals surface area contributed by atoms with Gasteiger partial charge in [-0.15, -0.1) is 0 Å². The van der Waals surface area contributed by atoms with E-state index < -0.39 is 16.0 Å². The largest absolute Gasteiger partial charge is 0.481 e. The molecule has 0 saturated heterocycles. The molecule has 0 aliphatic heterocycles. The summed E-state index contributed by atoms with van der Waals surface area (Å²) >= 11 is 0. The summed E-state index contributed by atoms with van der Waals surface area (Å²) in [5.74, 6) is -0.538. The number of benzene rings is 1. The smallest absolute Gasteiger partial charge is 0.328 e. The molecule has 1 heterocycles. The molecule has 0 bridgehead atoms. The van der Waals surface area contributed by atoms with Crippen LogP contribution in [-0.4, -0.2) is 38.6 Å². The molecule has 24 heavy (non-hydrogen) atoms. The fourth-order valence-electron chi connectivity index (χ4n) is 1.89. The lowest BCUT2D eigenvalue weighted by Gasteiger charge is -2.18. The van der Waals surface area contributed by atoms with E-state index in [-0.39, 0.29) is 10.7 Å². The van der Waals surface area contributed by atoms with Crippen molar-refractivity contribution in [2.75, 3.05) is 18.5 Å². The predicted molar refractivity (Wildman–Crippen MR) is 89.5 cm³/mol. The topological polar surface area (TPSA) is 96.8 Å². The molecule has 2 rings (SSSR count). The van der Waals surface area contributed by atoms with Crippen molar-refractivity contribution in [3.63, 3.8) is 0 Å². The summed E-state index contributed by atoms with van der Waals surface area (Å²) in [6, 6.07) is 10.7. The zero-order valence-electron chi connectivity index (χ0n) is 13.1. The first-order valence-corrected chi connectivity index (χ1v) is 8.29. The predicted octanol–water partition coefficient (Wildman–Crippen LogP) is 2.01. The maximum Gasteiger partial charge on any atom is 0.328 e. The highest BCUT2D eigenvalue weighted by molar-refractivity contribution is 7.92. The van der Waals surface area contributed by atoms with Crippen LogP contribution in [0.1, 0.15) is 5.56 Å². The number of carboxylic acids is 1. The number of aliphatic carboxylic acids is 1. The molecule has 126 valence electrons. The van der Waals surface area contributed by atoms with Gasteiger partial charge < -0.3 is 9.84 Å². The quantitative estimate of drug-likeness (QED) is 0.802. The fraction of sp³-hybridized carbons (Fsp3) is 0.125. The van der Waals surface area contributed by atoms with E-state index in [0.29, 0.717) is 11.4 Å². The molecular weight excluding hydrogens is 332 g/mol. The average Bonchev–Trinajstić information content (AvgIpc) is 2.59. The molecule has 0 radical (unpaired) electrons. The molecule has 1 N–H and O–H groups in total. The highest BCUT2D eigenvalue weighted by Gasteiger charge is 2.22. The number of rotatable bonds is 6. The zero-order valence-corrected chi connectivity index (χ0v) is 13.9. The SMILES string of the molecule is COc1cccc(N(C)S(=O)(=O)c2ccc(/C=C/C(=O)O)cc2)n1. The van der Waals surface area contributed by atoms with Gasteiger partial charge in [-0.25, -0.2) is 13.2 Å². The zero-order chi connectivity index (χ0) is 17.7. The summed E-state index contributed by atoms with van der Waals surface area (Å²) in [5.41, 5.74) is 0.582. The number of nitrogens with zero attached hydrogens (tertiary/aromatic N) is 2. The van der Waals surface area contributed by atoms with Gasteiger partial charge in [0.2, 0.25) is 5.88 Å². The number of hydrogen-bond acceptors (Lipinski definition) is 5. The van der Waals surface area contributed by atoms with Crippen LogP contribution in [0.3, 0.4) is 0 Å². The van der Waals surface area contributed by atoms with Crippen molar-refractivity contribution in [1.82, 2.24) is 4.98 Å². The van der Waals surface area contributed by atoms with E-state index in [1.807, 2.05) is 0 Å². The maximum atomic E-state index is 12.6. The Morgan fingerprint density at radius 2 is 1.88 bits per heavy atom. The molecule has 1 aromatic carbocycles. The summed E-state index contributed by atoms with van der Waals surface area (Å²) in [6.07, 6.45) is 2.36. The Bertz CT molecular complexity index is 860. The number of carbonyl (C=O) groups is 1. The minimum Gasteiger partial charge on any atom is -0.481 e. The van der Waals surface area contributed by atoms with Crippen molar-refractivity contribution in [3.05, 3.63) is 54.1 Å². The normalized spacial score (nSPS) is 11.4. The molecule has 0 amide bonds. The molecule has 0 spiro atoms. The van der Waals surface area contributed by atoms with Crippen molar-refractivity contribution in [1.29, 1.82) is 0 Å². The number of sulfonamides is 1. The number of carboxylic acid groups (broad SMARTS) is 1. The number of hydrogen-bond donors (Lipinski definition) is 1. The van der Waals surface area contributed by atoms with Crippen LogP contribution in [0, 0.1) is 0 Å². The lowest BCUT2D eigenvalue weighted by molar-refractivity contribution is -0.131. The Hall–Kier alpha value is -2.87. The first-order chi connectivity index (χ1) is 11.3. The minimum atomic E-state index is -3.79. The van der Waals surface area contributed by atoms with Crippen LogP contribution in [-0.2, 0) is 14.8 Å². The Kier molecular flexibility index (Phi) is 5.20. The molecule has 0 aliphatic rings. The van der Waals surface area contributed by atoms with Crippen LogP contribution in [0.2, 0.25) is 0 Å². The molecule has 1 aromatic heterocycles. The lowest BCUT2D eigenvalue weighted by atomic mass is 10.2. The van der Waals surface area contributed by atoms with Crippen LogP contribution in [0.25, 0.3) is 6.08 Å². The number of anilines is 1. The Morgan fingerprint density at radius 3 is 2.46 bits per heavy atom. The lowest BCUT2D eigenvalue weighted by Crippen LogP contribution is -2.27. The molecule has 0 saturated carbocycles. The van der Waals surface area contributed by atoms with Crippen LogP contribution >= 0.6 is 0 Å². The van der Waals surface area contributed by atoms with Gasteiger partial charge in [0.1, 0.15) is 5.82 Å². The molecule has 0 atom stereocenters. The third-order valence-corrected chi connectivity index (χ3v) is 4.97. The van der Waals surface area contributed by atoms with E-state index in [1.54, 1.807) is 18.2 Å². The van der Waals surface area contributed by atoms with Crippen molar-refractivity contribution >= 4 is 27.9 Å². The first kappa shape index (κ1) is 17.5. The van der Waals surface area contributed by atoms with Gasteiger partial charge in [-0.2, -0.15) is 4.98 Å². The monoisotopic (exact) mass is 348 g/mol. The van der Waals surface area contributed by atoms with E-state index in [4.69, 9.17) is 9.84 Å². The number of methoxy groups -OCH3 is 1. The Labute approximate surface area is 139 Å². The first-order valence-electron chi connectivity index (χ1n) is 6.85. The molecule has 7 nitrogen and oxygen atoms in total. The van der Waals surface area contributed by atoms with E-state index >= 15 is 0 Å². The maximum absolute atomic E-state index is 12.6. The van der Waals surface area contributed by atoms with Crippen molar-refractivity contribution < 1.29 is 23.1 Å². The summed E-state index contributed by atoms with van der Waals surface area (Å²) in [4.78, 5) is 14.7. The van der Waals surface area contributed by atoms with Crippen LogP contribution in [0.4, 0.5) is 5.82 Å². The number of pyridine rings is 1. The van der Waals surface area contributed by atoms with Gasteiger partial charge in [0, 0.05) is 19.2 Å².